The van der Waals surface area contributed by atoms with Crippen molar-refractivity contribution in [3.8, 4) is 0 Å². The Labute approximate surface area is 144 Å². The van der Waals surface area contributed by atoms with Crippen molar-refractivity contribution >= 4 is 21.9 Å². The lowest BCUT2D eigenvalue weighted by molar-refractivity contribution is -0.136. The Bertz CT molecular complexity index is 795. The van der Waals surface area contributed by atoms with Crippen LogP contribution in [0.2, 0.25) is 0 Å². The fourth-order valence-electron chi connectivity index (χ4n) is 4.08. The van der Waals surface area contributed by atoms with E-state index in [9.17, 15) is 4.79 Å². The first kappa shape index (κ1) is 14.7. The molecular weight excluding hydrogens is 352 g/mol. The molecule has 0 saturated carbocycles. The van der Waals surface area contributed by atoms with Gasteiger partial charge in [-0.15, -0.1) is 0 Å². The van der Waals surface area contributed by atoms with Crippen LogP contribution >= 0.6 is 15.9 Å². The fourth-order valence-corrected chi connectivity index (χ4v) is 4.46. The molecule has 0 aromatic heterocycles. The highest BCUT2D eigenvalue weighted by Crippen LogP contribution is 2.55. The second-order valence-corrected chi connectivity index (χ2v) is 7.13. The molecule has 116 valence electrons. The van der Waals surface area contributed by atoms with E-state index in [-0.39, 0.29) is 17.8 Å². The topological polar surface area (TPSA) is 26.3 Å². The summed E-state index contributed by atoms with van der Waals surface area (Å²) in [6.45, 7) is 0. The Kier molecular flexibility index (Phi) is 3.61. The van der Waals surface area contributed by atoms with Crippen LogP contribution in [0, 0.1) is 0 Å². The van der Waals surface area contributed by atoms with Crippen LogP contribution in [-0.2, 0) is 9.53 Å². The summed E-state index contributed by atoms with van der Waals surface area (Å²) in [4.78, 5) is 12.2. The molecule has 0 aliphatic heterocycles. The van der Waals surface area contributed by atoms with Crippen LogP contribution in [0.15, 0.2) is 64.7 Å². The van der Waals surface area contributed by atoms with E-state index in [4.69, 9.17) is 4.74 Å². The van der Waals surface area contributed by atoms with E-state index in [2.05, 4.69) is 64.5 Å². The number of carbonyl (C=O) groups is 1. The summed E-state index contributed by atoms with van der Waals surface area (Å²) in [7, 11) is 1.46. The van der Waals surface area contributed by atoms with Crippen LogP contribution < -0.4 is 0 Å². The van der Waals surface area contributed by atoms with Crippen LogP contribution in [0.4, 0.5) is 0 Å². The van der Waals surface area contributed by atoms with Gasteiger partial charge >= 0.3 is 5.97 Å². The lowest BCUT2D eigenvalue weighted by Crippen LogP contribution is -2.31. The molecule has 0 radical (unpaired) electrons. The third kappa shape index (κ3) is 2.34. The van der Waals surface area contributed by atoms with E-state index >= 15 is 0 Å². The van der Waals surface area contributed by atoms with Gasteiger partial charge in [-0.3, -0.25) is 0 Å². The fraction of sp³-hybridized carbons (Fsp3) is 0.250. The third-order valence-corrected chi connectivity index (χ3v) is 5.58. The Morgan fingerprint density at radius 3 is 2.65 bits per heavy atom. The van der Waals surface area contributed by atoms with Gasteiger partial charge in [0.05, 0.1) is 7.11 Å². The number of methoxy groups -OCH3 is 1. The molecule has 3 unspecified atom stereocenters. The molecule has 0 saturated heterocycles. The zero-order chi connectivity index (χ0) is 16.0. The van der Waals surface area contributed by atoms with Gasteiger partial charge in [0.1, 0.15) is 0 Å². The average molecular weight is 369 g/mol. The molecule has 0 fully saturated rings. The number of fused-ring (bicyclic) bond motifs is 1. The highest BCUT2D eigenvalue weighted by atomic mass is 79.9. The highest BCUT2D eigenvalue weighted by Gasteiger charge is 2.43. The molecule has 3 heteroatoms. The van der Waals surface area contributed by atoms with Crippen molar-refractivity contribution in [2.45, 2.75) is 24.2 Å². The molecule has 3 aliphatic rings. The summed E-state index contributed by atoms with van der Waals surface area (Å²) >= 11 is 3.58. The summed E-state index contributed by atoms with van der Waals surface area (Å²) < 4.78 is 6.09. The second kappa shape index (κ2) is 5.64. The monoisotopic (exact) mass is 368 g/mol. The summed E-state index contributed by atoms with van der Waals surface area (Å²) in [6.07, 6.45) is 3.09. The average Bonchev–Trinajstić information content (AvgIpc) is 2.61. The van der Waals surface area contributed by atoms with Crippen LogP contribution in [0.3, 0.4) is 0 Å². The third-order valence-electron chi connectivity index (χ3n) is 5.09. The lowest BCUT2D eigenvalue weighted by Gasteiger charge is -2.42. The SMILES string of the molecule is COC(=O)C1=CC2c3cc(Br)ccc3C1CC2c1ccccc1. The summed E-state index contributed by atoms with van der Waals surface area (Å²) in [5.74, 6) is 0.571. The number of benzene rings is 2. The van der Waals surface area contributed by atoms with Gasteiger partial charge in [0.15, 0.2) is 0 Å². The first-order valence-corrected chi connectivity index (χ1v) is 8.62. The number of rotatable bonds is 2. The molecule has 2 aromatic carbocycles. The number of hydrogen-bond donors (Lipinski definition) is 0. The predicted octanol–water partition coefficient (Wildman–Crippen LogP) is 4.92. The van der Waals surface area contributed by atoms with Crippen molar-refractivity contribution in [2.75, 3.05) is 7.11 Å². The summed E-state index contributed by atoms with van der Waals surface area (Å²) in [5.41, 5.74) is 4.76. The Hall–Kier alpha value is -1.87. The molecule has 0 heterocycles. The van der Waals surface area contributed by atoms with E-state index in [1.54, 1.807) is 0 Å². The summed E-state index contributed by atoms with van der Waals surface area (Å²) in [5, 5.41) is 0. The number of esters is 1. The number of carbonyl (C=O) groups excluding carboxylic acids is 1. The molecule has 0 N–H and O–H groups in total. The molecule has 2 bridgehead atoms. The van der Waals surface area contributed by atoms with Crippen LogP contribution in [0.5, 0.6) is 0 Å². The van der Waals surface area contributed by atoms with E-state index in [1.165, 1.54) is 23.8 Å². The van der Waals surface area contributed by atoms with Crippen LogP contribution in [0.1, 0.15) is 40.9 Å². The molecule has 23 heavy (non-hydrogen) atoms. The molecule has 0 amide bonds. The van der Waals surface area contributed by atoms with Crippen molar-refractivity contribution < 1.29 is 9.53 Å². The number of halogens is 1. The predicted molar refractivity (Wildman–Crippen MR) is 93.5 cm³/mol. The maximum absolute atomic E-state index is 12.2. The van der Waals surface area contributed by atoms with E-state index in [1.807, 2.05) is 6.07 Å². The zero-order valence-corrected chi connectivity index (χ0v) is 14.4. The molecule has 2 nitrogen and oxygen atoms in total. The van der Waals surface area contributed by atoms with Gasteiger partial charge in [0.25, 0.3) is 0 Å². The lowest BCUT2D eigenvalue weighted by atomic mass is 9.61. The quantitative estimate of drug-likeness (QED) is 0.703. The van der Waals surface area contributed by atoms with Gasteiger partial charge in [-0.25, -0.2) is 4.79 Å². The zero-order valence-electron chi connectivity index (χ0n) is 12.8. The van der Waals surface area contributed by atoms with Gasteiger partial charge in [0, 0.05) is 21.9 Å². The molecule has 0 spiro atoms. The van der Waals surface area contributed by atoms with Crippen molar-refractivity contribution in [2.24, 2.45) is 0 Å². The molecule has 2 aromatic rings. The highest BCUT2D eigenvalue weighted by molar-refractivity contribution is 9.10. The standard InChI is InChI=1S/C20H17BrO2/c1-23-20(22)19-11-18-15(12-5-3-2-4-6-12)10-17(19)14-8-7-13(21)9-16(14)18/h2-9,11,15,17-18H,10H2,1H3. The Morgan fingerprint density at radius 2 is 1.91 bits per heavy atom. The van der Waals surface area contributed by atoms with Crippen LogP contribution in [0.25, 0.3) is 0 Å². The maximum Gasteiger partial charge on any atom is 0.334 e. The number of ether oxygens (including phenoxy) is 1. The van der Waals surface area contributed by atoms with Crippen molar-refractivity contribution in [3.63, 3.8) is 0 Å². The van der Waals surface area contributed by atoms with Crippen molar-refractivity contribution in [1.82, 2.24) is 0 Å². The largest absolute Gasteiger partial charge is 0.466 e. The minimum absolute atomic E-state index is 0.126. The Balaban J connectivity index is 1.85. The number of hydrogen-bond acceptors (Lipinski definition) is 2. The van der Waals surface area contributed by atoms with E-state index in [0.29, 0.717) is 5.92 Å². The van der Waals surface area contributed by atoms with E-state index < -0.39 is 0 Å². The smallest absolute Gasteiger partial charge is 0.334 e. The van der Waals surface area contributed by atoms with Gasteiger partial charge in [-0.1, -0.05) is 58.4 Å². The molecule has 3 atom stereocenters. The second-order valence-electron chi connectivity index (χ2n) is 6.22. The Morgan fingerprint density at radius 1 is 1.13 bits per heavy atom. The molecule has 5 rings (SSSR count). The summed E-state index contributed by atoms with van der Waals surface area (Å²) in [6, 6.07) is 17.0. The van der Waals surface area contributed by atoms with Gasteiger partial charge in [-0.05, 0) is 41.2 Å². The van der Waals surface area contributed by atoms with Gasteiger partial charge < -0.3 is 4.74 Å². The molecule has 3 aliphatic carbocycles. The minimum Gasteiger partial charge on any atom is -0.466 e. The van der Waals surface area contributed by atoms with Gasteiger partial charge in [-0.2, -0.15) is 0 Å². The van der Waals surface area contributed by atoms with Crippen molar-refractivity contribution in [3.05, 3.63) is 81.3 Å². The minimum atomic E-state index is -0.194. The maximum atomic E-state index is 12.2. The van der Waals surface area contributed by atoms with Crippen LogP contribution in [-0.4, -0.2) is 13.1 Å². The van der Waals surface area contributed by atoms with Gasteiger partial charge in [0.2, 0.25) is 0 Å². The first-order chi connectivity index (χ1) is 11.2. The van der Waals surface area contributed by atoms with Crippen molar-refractivity contribution in [1.29, 1.82) is 0 Å². The number of allylic oxidation sites excluding steroid dienone is 1. The normalized spacial score (nSPS) is 24.8. The molecular formula is C20H17BrO2. The first-order valence-electron chi connectivity index (χ1n) is 7.83. The van der Waals surface area contributed by atoms with E-state index in [0.717, 1.165) is 16.5 Å².